The van der Waals surface area contributed by atoms with Crippen LogP contribution >= 0.6 is 46.4 Å². The zero-order valence-corrected chi connectivity index (χ0v) is 47.1. The molecule has 4 fully saturated rings. The molecule has 14 nitrogen and oxygen atoms in total. The van der Waals surface area contributed by atoms with E-state index in [1.807, 2.05) is 0 Å². The molecule has 0 amide bonds. The fourth-order valence-electron chi connectivity index (χ4n) is 11.3. The van der Waals surface area contributed by atoms with Crippen LogP contribution < -0.4 is 31.9 Å². The Balaban J connectivity index is 0.854. The van der Waals surface area contributed by atoms with E-state index < -0.39 is 48.7 Å². The highest BCUT2D eigenvalue weighted by molar-refractivity contribution is 6.37. The number of rotatable bonds is 19. The molecule has 0 spiro atoms. The number of nitrogens with zero attached hydrogens (tertiary/aromatic N) is 4. The van der Waals surface area contributed by atoms with Gasteiger partial charge in [0.05, 0.1) is 48.7 Å². The molecule has 78 heavy (non-hydrogen) atoms. The molecule has 6 heterocycles. The van der Waals surface area contributed by atoms with Crippen molar-refractivity contribution in [2.45, 2.75) is 170 Å². The number of halogens is 10. The van der Waals surface area contributed by atoms with Crippen LogP contribution in [0, 0.1) is 11.8 Å². The third kappa shape index (κ3) is 15.6. The first kappa shape index (κ1) is 60.4. The second kappa shape index (κ2) is 25.2. The van der Waals surface area contributed by atoms with Gasteiger partial charge in [0.25, 0.3) is 0 Å². The Morgan fingerprint density at radius 1 is 0.603 bits per heavy atom. The number of aromatic nitrogens is 4. The van der Waals surface area contributed by atoms with Gasteiger partial charge < -0.3 is 51.6 Å². The number of alkyl halides is 6. The van der Waals surface area contributed by atoms with Gasteiger partial charge in [0.15, 0.2) is 11.7 Å². The normalized spacial score (nSPS) is 25.3. The molecule has 2 aliphatic carbocycles. The molecule has 8 N–H and O–H groups in total. The van der Waals surface area contributed by atoms with Gasteiger partial charge in [0.2, 0.25) is 0 Å². The van der Waals surface area contributed by atoms with Gasteiger partial charge in [-0.2, -0.15) is 26.3 Å². The van der Waals surface area contributed by atoms with E-state index in [1.54, 1.807) is 36.4 Å². The second-order valence-electron chi connectivity index (χ2n) is 22.7. The molecule has 0 radical (unpaired) electrons. The van der Waals surface area contributed by atoms with E-state index >= 15 is 13.2 Å². The summed E-state index contributed by atoms with van der Waals surface area (Å²) < 4.78 is 99.8. The summed E-state index contributed by atoms with van der Waals surface area (Å²) in [5.74, 6) is 2.89. The zero-order chi connectivity index (χ0) is 56.2. The van der Waals surface area contributed by atoms with Crippen LogP contribution in [0.25, 0.3) is 22.5 Å². The van der Waals surface area contributed by atoms with Crippen LogP contribution in [0.4, 0.5) is 49.6 Å². The molecule has 4 aliphatic rings. The molecule has 430 valence electrons. The van der Waals surface area contributed by atoms with Crippen molar-refractivity contribution in [1.82, 2.24) is 30.6 Å². The first-order valence-corrected chi connectivity index (χ1v) is 28.2. The molecule has 24 heteroatoms. The Bertz CT molecular complexity index is 2660. The summed E-state index contributed by atoms with van der Waals surface area (Å²) in [6.45, 7) is 9.76. The minimum Gasteiger partial charge on any atom is -0.382 e. The monoisotopic (exact) mass is 1180 g/mol. The number of pyridine rings is 4. The number of aliphatic hydroxyl groups excluding tert-OH is 1. The maximum Gasteiger partial charge on any atom is 0.420 e. The van der Waals surface area contributed by atoms with E-state index in [0.717, 1.165) is 25.7 Å². The first-order chi connectivity index (χ1) is 36.7. The number of nitrogens with one attached hydrogen (secondary N) is 6. The zero-order valence-electron chi connectivity index (χ0n) is 44.0. The lowest BCUT2D eigenvalue weighted by Crippen LogP contribution is -2.72. The molecule has 5 atom stereocenters. The molecule has 0 bridgehead atoms. The Kier molecular flexibility index (Phi) is 19.5. The summed E-state index contributed by atoms with van der Waals surface area (Å²) in [6.07, 6.45) is -5.65. The van der Waals surface area contributed by atoms with Crippen LogP contribution in [0.5, 0.6) is 0 Å². The van der Waals surface area contributed by atoms with E-state index in [0.29, 0.717) is 143 Å². The molecule has 2 saturated heterocycles. The van der Waals surface area contributed by atoms with Gasteiger partial charge in [-0.1, -0.05) is 46.4 Å². The van der Waals surface area contributed by atoms with Crippen molar-refractivity contribution >= 4 is 69.7 Å². The number of anilines is 4. The molecule has 5 unspecified atom stereocenters. The smallest absolute Gasteiger partial charge is 0.382 e. The Labute approximate surface area is 471 Å². The van der Waals surface area contributed by atoms with Crippen molar-refractivity contribution in [2.24, 2.45) is 11.8 Å². The molecule has 2 aliphatic heterocycles. The highest BCUT2D eigenvalue weighted by Crippen LogP contribution is 2.41. The SMILES string of the molecule is CC1(C)CC(CNc2ccc(Cl)c(-c3cc(N[C@H]4CC[C@H](NCC(O)(C(N[C@H]5CC[C@H](Nc6cc(-c7nc(NCC8CCOC(C)(C)C8)ccc7Cl)c(Cl)cn6)CC5)C(O)C(F)(F)F)C(F)(F)F)CC4)ncc3Cl)n2)CCO1. The molecule has 0 aromatic carbocycles. The van der Waals surface area contributed by atoms with Crippen molar-refractivity contribution in [1.29, 1.82) is 0 Å². The molecular weight excluding hydrogens is 1110 g/mol. The summed E-state index contributed by atoms with van der Waals surface area (Å²) >= 11 is 26.5. The van der Waals surface area contributed by atoms with E-state index in [2.05, 4.69) is 69.6 Å². The lowest BCUT2D eigenvalue weighted by atomic mass is 9.84. The van der Waals surface area contributed by atoms with Crippen LogP contribution in [-0.2, 0) is 9.47 Å². The average molecular weight is 1180 g/mol. The van der Waals surface area contributed by atoms with E-state index in [4.69, 9.17) is 65.8 Å². The van der Waals surface area contributed by atoms with Crippen LogP contribution in [-0.4, -0.2) is 128 Å². The van der Waals surface area contributed by atoms with Crippen LogP contribution in [0.3, 0.4) is 0 Å². The van der Waals surface area contributed by atoms with Gasteiger partial charge in [-0.25, -0.2) is 19.9 Å². The molecule has 4 aromatic rings. The van der Waals surface area contributed by atoms with E-state index in [9.17, 15) is 23.4 Å². The fourth-order valence-corrected chi connectivity index (χ4v) is 12.1. The second-order valence-corrected chi connectivity index (χ2v) is 24.3. The summed E-state index contributed by atoms with van der Waals surface area (Å²) in [5.41, 5.74) is -2.51. The average Bonchev–Trinajstić information content (AvgIpc) is 3.43. The minimum atomic E-state index is -5.58. The molecule has 4 aromatic heterocycles. The lowest BCUT2D eigenvalue weighted by molar-refractivity contribution is -0.299. The summed E-state index contributed by atoms with van der Waals surface area (Å²) in [5, 5.41) is 42.0. The van der Waals surface area contributed by atoms with Crippen molar-refractivity contribution in [3.8, 4) is 22.5 Å². The first-order valence-electron chi connectivity index (χ1n) is 26.7. The number of aliphatic hydroxyl groups is 2. The topological polar surface area (TPSA) is 183 Å². The molecular formula is C54H70Cl4F6N10O4. The van der Waals surface area contributed by atoms with E-state index in [1.165, 1.54) is 12.4 Å². The quantitative estimate of drug-likeness (QED) is 0.0415. The maximum absolute atomic E-state index is 15.1. The van der Waals surface area contributed by atoms with Gasteiger partial charge in [-0.15, -0.1) is 0 Å². The fraction of sp³-hybridized carbons (Fsp3) is 0.630. The van der Waals surface area contributed by atoms with Crippen molar-refractivity contribution in [2.75, 3.05) is 54.1 Å². The van der Waals surface area contributed by atoms with E-state index in [-0.39, 0.29) is 36.1 Å². The van der Waals surface area contributed by atoms with Crippen LogP contribution in [0.1, 0.15) is 105 Å². The molecule has 8 rings (SSSR count). The lowest BCUT2D eigenvalue weighted by Gasteiger charge is -2.44. The van der Waals surface area contributed by atoms with Crippen LogP contribution in [0.15, 0.2) is 48.8 Å². The third-order valence-electron chi connectivity index (χ3n) is 15.5. The molecule has 2 saturated carbocycles. The standard InChI is InChI=1S/C54H70Cl4F6N10O4/c1-50(2)23-30(17-19-77-50)25-65-42-15-13-38(55)46(73-42)36-21-44(67-27-40(36)57)70-33-7-5-32(6-8-33)69-29-52(76,54(62,63)64)48(49(75)53(59,60)61)72-35-11-9-34(10-12-35)71-45-22-37(41(58)28-68-45)47-39(56)14-16-43(74-47)66-26-31-18-20-78-51(3,4)24-31/h13-16,21-22,27-28,30-35,48-49,69,72,75-76H,5-12,17-20,23-26,29H2,1-4H3,(H,65,73)(H,66,74)(H,67,70)(H,68,71)/t30?,31?,32-,33-,34-,35-,48?,49?,52?. The summed E-state index contributed by atoms with van der Waals surface area (Å²) in [4.78, 5) is 18.4. The summed E-state index contributed by atoms with van der Waals surface area (Å²) in [7, 11) is 0. The van der Waals surface area contributed by atoms with Gasteiger partial charge in [-0.3, -0.25) is 0 Å². The predicted octanol–water partition coefficient (Wildman–Crippen LogP) is 12.4. The third-order valence-corrected chi connectivity index (χ3v) is 16.8. The number of ether oxygens (including phenoxy) is 2. The Hall–Kier alpha value is -3.70. The number of hydrogen-bond acceptors (Lipinski definition) is 14. The van der Waals surface area contributed by atoms with Crippen molar-refractivity contribution < 1.29 is 46.0 Å². The maximum atomic E-state index is 15.1. The largest absolute Gasteiger partial charge is 0.420 e. The minimum absolute atomic E-state index is 0.121. The van der Waals surface area contributed by atoms with Gasteiger partial charge >= 0.3 is 12.4 Å². The highest BCUT2D eigenvalue weighted by Gasteiger charge is 2.64. The van der Waals surface area contributed by atoms with Crippen molar-refractivity contribution in [3.05, 3.63) is 68.9 Å². The van der Waals surface area contributed by atoms with Crippen molar-refractivity contribution in [3.63, 3.8) is 0 Å². The predicted molar refractivity (Wildman–Crippen MR) is 295 cm³/mol. The summed E-state index contributed by atoms with van der Waals surface area (Å²) in [6, 6.07) is 5.65. The van der Waals surface area contributed by atoms with Gasteiger partial charge in [-0.05, 0) is 153 Å². The van der Waals surface area contributed by atoms with Crippen LogP contribution in [0.2, 0.25) is 20.1 Å². The highest BCUT2D eigenvalue weighted by atomic mass is 35.5. The van der Waals surface area contributed by atoms with Gasteiger partial charge in [0, 0.05) is 80.5 Å². The Morgan fingerprint density at radius 3 is 1.44 bits per heavy atom. The number of hydrogen-bond donors (Lipinski definition) is 8. The van der Waals surface area contributed by atoms with Gasteiger partial charge in [0.1, 0.15) is 23.3 Å². The Morgan fingerprint density at radius 2 is 1.03 bits per heavy atom.